The quantitative estimate of drug-likeness (QED) is 0.224. The minimum Gasteiger partial charge on any atom is -1.00 e. The number of hydrogen-bond donors (Lipinski definition) is 1. The number of benzene rings is 4. The predicted molar refractivity (Wildman–Crippen MR) is 154 cm³/mol. The summed E-state index contributed by atoms with van der Waals surface area (Å²) < 4.78 is 5.05. The first-order chi connectivity index (χ1) is 17.8. The van der Waals surface area contributed by atoms with Gasteiger partial charge in [0, 0.05) is 0 Å². The van der Waals surface area contributed by atoms with E-state index in [0.717, 1.165) is 5.92 Å². The van der Waals surface area contributed by atoms with Crippen molar-refractivity contribution in [2.75, 3.05) is 6.54 Å². The number of hydrogen-bond acceptors (Lipinski definition) is 1. The Morgan fingerprint density at radius 2 is 1.16 bits per heavy atom. The molecule has 0 aliphatic heterocycles. The largest absolute Gasteiger partial charge is 1.00 e. The van der Waals surface area contributed by atoms with Gasteiger partial charge in [-0.25, -0.2) is 0 Å². The van der Waals surface area contributed by atoms with E-state index in [9.17, 15) is 0 Å². The normalized spacial score (nSPS) is 12.7. The van der Waals surface area contributed by atoms with E-state index in [2.05, 4.69) is 126 Å². The summed E-state index contributed by atoms with van der Waals surface area (Å²) in [5.41, 5.74) is 6.10. The Balaban J connectivity index is 0.00000200. The van der Waals surface area contributed by atoms with Crippen LogP contribution in [0.15, 0.2) is 109 Å². The molecule has 0 saturated heterocycles. The van der Waals surface area contributed by atoms with Gasteiger partial charge in [-0.3, -0.25) is 0 Å². The van der Waals surface area contributed by atoms with E-state index in [1.165, 1.54) is 43.4 Å². The molecular formula is C33H38Cl2HfNSi. The Hall–Kier alpha value is -1.49. The van der Waals surface area contributed by atoms with Crippen LogP contribution in [-0.4, -0.2) is 12.5 Å². The van der Waals surface area contributed by atoms with Gasteiger partial charge in [-0.15, -0.1) is 0 Å². The maximum atomic E-state index is 4.48. The van der Waals surface area contributed by atoms with Crippen LogP contribution in [-0.2, 0) is 20.9 Å². The standard InChI is InChI=1S/C13H9.C12H11Si.C8H18N.2ClH.Hf/c1-3-7-12-10(5-1)9-11-6-2-4-8-13(11)12;1-3-7-11(8-4-1)13-12-9-5-2-6-10-12;1-3-5-6-8(4-2)7-9;;;/h1-9H;1-10,13H;8-9H,3-7H2,1-2H3;2*1H;/q;;-1;;;+3/p-2. The fourth-order valence-electron chi connectivity index (χ4n) is 5.91. The fraction of sp³-hybridized carbons (Fsp3) is 0.273. The molecule has 0 amide bonds. The maximum absolute atomic E-state index is 4.48. The zero-order valence-corrected chi connectivity index (χ0v) is 28.7. The van der Waals surface area contributed by atoms with Gasteiger partial charge in [-0.2, -0.15) is 0 Å². The number of rotatable bonds is 11. The van der Waals surface area contributed by atoms with Crippen molar-refractivity contribution >= 4 is 16.4 Å². The van der Waals surface area contributed by atoms with Gasteiger partial charge in [0.2, 0.25) is 0 Å². The smallest absolute Gasteiger partial charge is 1.00 e. The Morgan fingerprint density at radius 1 is 0.684 bits per heavy atom. The predicted octanol–water partition coefficient (Wildman–Crippen LogP) is 0.642. The molecule has 5 heteroatoms. The molecule has 197 valence electrons. The van der Waals surface area contributed by atoms with Crippen LogP contribution in [0.3, 0.4) is 0 Å². The molecule has 4 aromatic rings. The van der Waals surface area contributed by atoms with Crippen molar-refractivity contribution in [1.29, 1.82) is 0 Å². The molecule has 1 nitrogen and oxygen atoms in total. The molecule has 0 bridgehead atoms. The van der Waals surface area contributed by atoms with Crippen LogP contribution in [0.2, 0.25) is 0 Å². The third kappa shape index (κ3) is 6.80. The third-order valence-electron chi connectivity index (χ3n) is 7.86. The van der Waals surface area contributed by atoms with Crippen LogP contribution in [0.4, 0.5) is 0 Å². The molecule has 4 aromatic carbocycles. The summed E-state index contributed by atoms with van der Waals surface area (Å²) in [7, 11) is 0. The van der Waals surface area contributed by atoms with E-state index >= 15 is 0 Å². The molecule has 38 heavy (non-hydrogen) atoms. The zero-order chi connectivity index (χ0) is 24.7. The first-order valence-electron chi connectivity index (χ1n) is 13.7. The molecule has 0 fully saturated rings. The van der Waals surface area contributed by atoms with Gasteiger partial charge in [0.05, 0.1) is 0 Å². The van der Waals surface area contributed by atoms with Crippen molar-refractivity contribution in [3.63, 3.8) is 0 Å². The second-order valence-corrected chi connectivity index (χ2v) is 30.2. The summed E-state index contributed by atoms with van der Waals surface area (Å²) in [6, 6.07) is 41.6. The van der Waals surface area contributed by atoms with E-state index in [1.807, 2.05) is 0 Å². The zero-order valence-electron chi connectivity index (χ0n) is 22.4. The number of halogens is 2. The molecule has 0 spiro atoms. The fourth-order valence-corrected chi connectivity index (χ4v) is 37.2. The summed E-state index contributed by atoms with van der Waals surface area (Å²) >= 11 is -2.57. The molecule has 5 rings (SSSR count). The van der Waals surface area contributed by atoms with Crippen LogP contribution in [0.1, 0.15) is 54.3 Å². The van der Waals surface area contributed by atoms with Gasteiger partial charge in [0.15, 0.2) is 0 Å². The van der Waals surface area contributed by atoms with Gasteiger partial charge >= 0.3 is 228 Å². The molecule has 0 saturated carbocycles. The average Bonchev–Trinajstić information content (AvgIpc) is 3.28. The number of unbranched alkanes of at least 4 members (excludes halogenated alkanes) is 1. The van der Waals surface area contributed by atoms with Crippen molar-refractivity contribution in [2.24, 2.45) is 5.92 Å². The molecule has 0 radical (unpaired) electrons. The van der Waals surface area contributed by atoms with Gasteiger partial charge < -0.3 is 24.8 Å². The Morgan fingerprint density at radius 3 is 1.63 bits per heavy atom. The molecular weight excluding hydrogens is 688 g/mol. The second-order valence-electron chi connectivity index (χ2n) is 10.1. The van der Waals surface area contributed by atoms with E-state index in [-0.39, 0.29) is 24.8 Å². The van der Waals surface area contributed by atoms with Crippen molar-refractivity contribution in [2.45, 2.75) is 43.2 Å². The van der Waals surface area contributed by atoms with Crippen LogP contribution < -0.4 is 38.5 Å². The second kappa shape index (κ2) is 15.3. The van der Waals surface area contributed by atoms with Gasteiger partial charge in [-0.05, 0) is 0 Å². The van der Waals surface area contributed by atoms with Gasteiger partial charge in [0.25, 0.3) is 0 Å². The Kier molecular flexibility index (Phi) is 12.5. The number of nitrogens with one attached hydrogen (secondary N) is 1. The van der Waals surface area contributed by atoms with Gasteiger partial charge in [-0.1, -0.05) is 0 Å². The van der Waals surface area contributed by atoms with E-state index in [4.69, 9.17) is 0 Å². The third-order valence-corrected chi connectivity index (χ3v) is 35.5. The molecule has 1 atom stereocenters. The topological polar surface area (TPSA) is 12.0 Å². The van der Waals surface area contributed by atoms with E-state index in [0.29, 0.717) is 3.67 Å². The summed E-state index contributed by atoms with van der Waals surface area (Å²) in [5, 5.41) is 3.23. The molecule has 1 aliphatic carbocycles. The minimum absolute atomic E-state index is 0. The molecule has 1 aliphatic rings. The van der Waals surface area contributed by atoms with E-state index in [1.54, 1.807) is 21.5 Å². The maximum Gasteiger partial charge on any atom is -1.00 e. The van der Waals surface area contributed by atoms with Crippen LogP contribution >= 0.6 is 0 Å². The summed E-state index contributed by atoms with van der Waals surface area (Å²) in [6.07, 6.45) is 5.25. The average molecular weight is 726 g/mol. The van der Waals surface area contributed by atoms with Crippen LogP contribution in [0.5, 0.6) is 0 Å². The first-order valence-corrected chi connectivity index (χ1v) is 25.5. The summed E-state index contributed by atoms with van der Waals surface area (Å²) in [6.45, 7) is 5.89. The van der Waals surface area contributed by atoms with Crippen molar-refractivity contribution < 1.29 is 45.7 Å². The SMILES string of the molecule is CCCCC(CC)C[NH][Hf+2]([CH]1c2ccccc2-c2ccccc21)[SiH](c1ccccc1)c1ccccc1.[Cl-].[Cl-]. The van der Waals surface area contributed by atoms with Crippen LogP contribution in [0.25, 0.3) is 11.1 Å². The van der Waals surface area contributed by atoms with Crippen molar-refractivity contribution in [3.05, 3.63) is 120 Å². The molecule has 1 unspecified atom stereocenters. The minimum atomic E-state index is -2.57. The summed E-state index contributed by atoms with van der Waals surface area (Å²) in [5.74, 6) is -0.655. The van der Waals surface area contributed by atoms with E-state index < -0.39 is 26.9 Å². The number of fused-ring (bicyclic) bond motifs is 3. The molecule has 0 heterocycles. The van der Waals surface area contributed by atoms with Crippen LogP contribution in [0, 0.1) is 5.92 Å². The van der Waals surface area contributed by atoms with Gasteiger partial charge in [0.1, 0.15) is 0 Å². The van der Waals surface area contributed by atoms with Crippen molar-refractivity contribution in [1.82, 2.24) is 3.30 Å². The Labute approximate surface area is 250 Å². The summed E-state index contributed by atoms with van der Waals surface area (Å²) in [4.78, 5) is 0. The molecule has 0 aromatic heterocycles. The van der Waals surface area contributed by atoms with Crippen molar-refractivity contribution in [3.8, 4) is 11.1 Å². The Bertz CT molecular complexity index is 1170. The monoisotopic (exact) mass is 726 g/mol. The first kappa shape index (κ1) is 31.0. The molecule has 1 N–H and O–H groups in total.